The Morgan fingerprint density at radius 2 is 1.97 bits per heavy atom. The topological polar surface area (TPSA) is 58.6 Å². The number of amides is 2. The third-order valence-corrected chi connectivity index (χ3v) is 5.40. The highest BCUT2D eigenvalue weighted by Crippen LogP contribution is 2.35. The highest BCUT2D eigenvalue weighted by molar-refractivity contribution is 5.95. The molecule has 2 unspecified atom stereocenters. The maximum Gasteiger partial charge on any atom is 0.256 e. The summed E-state index contributed by atoms with van der Waals surface area (Å²) in [4.78, 5) is 27.4. The lowest BCUT2D eigenvalue weighted by Gasteiger charge is -2.18. The lowest BCUT2D eigenvalue weighted by atomic mass is 9.88. The van der Waals surface area contributed by atoms with E-state index in [2.05, 4.69) is 12.2 Å². The Bertz CT molecular complexity index is 871. The summed E-state index contributed by atoms with van der Waals surface area (Å²) in [5, 5.41) is 2.98. The van der Waals surface area contributed by atoms with E-state index >= 15 is 0 Å². The second-order valence-electron chi connectivity index (χ2n) is 7.32. The van der Waals surface area contributed by atoms with Crippen LogP contribution in [0.5, 0.6) is 5.75 Å². The van der Waals surface area contributed by atoms with Gasteiger partial charge in [-0.3, -0.25) is 9.59 Å². The summed E-state index contributed by atoms with van der Waals surface area (Å²) >= 11 is 0. The van der Waals surface area contributed by atoms with E-state index in [1.807, 2.05) is 24.3 Å². The zero-order valence-electron chi connectivity index (χ0n) is 16.9. The first-order chi connectivity index (χ1) is 14.0. The van der Waals surface area contributed by atoms with Crippen LogP contribution in [0.15, 0.2) is 48.5 Å². The predicted molar refractivity (Wildman–Crippen MR) is 109 cm³/mol. The molecule has 29 heavy (non-hydrogen) atoms. The molecule has 3 rings (SSSR count). The van der Waals surface area contributed by atoms with E-state index in [0.717, 1.165) is 18.4 Å². The highest BCUT2D eigenvalue weighted by Gasteiger charge is 2.41. The van der Waals surface area contributed by atoms with Gasteiger partial charge in [-0.25, -0.2) is 4.39 Å². The minimum atomic E-state index is -0.550. The first kappa shape index (κ1) is 20.8. The molecule has 1 saturated heterocycles. The average molecular weight is 398 g/mol. The number of hydrogen-bond donors (Lipinski definition) is 1. The average Bonchev–Trinajstić information content (AvgIpc) is 3.19. The summed E-state index contributed by atoms with van der Waals surface area (Å²) in [5.41, 5.74) is 0.966. The number of rotatable bonds is 7. The van der Waals surface area contributed by atoms with Crippen LogP contribution in [0.1, 0.15) is 41.6 Å². The molecule has 0 radical (unpaired) electrons. The van der Waals surface area contributed by atoms with E-state index in [9.17, 15) is 14.0 Å². The van der Waals surface area contributed by atoms with Crippen molar-refractivity contribution in [2.24, 2.45) is 5.92 Å². The summed E-state index contributed by atoms with van der Waals surface area (Å²) in [6.45, 7) is 3.28. The fourth-order valence-corrected chi connectivity index (χ4v) is 3.77. The standard InChI is InChI=1S/C23H27FN2O3/c1-3-4-12-25-22(27)20-15-26(23(28)18-10-5-6-11-21(18)24)14-19(20)16-8-7-9-17(13-16)29-2/h5-11,13,19-20H,3-4,12,14-15H2,1-2H3,(H,25,27). The summed E-state index contributed by atoms with van der Waals surface area (Å²) in [6, 6.07) is 13.5. The van der Waals surface area contributed by atoms with Crippen LogP contribution in [0, 0.1) is 11.7 Å². The van der Waals surface area contributed by atoms with E-state index < -0.39 is 11.7 Å². The number of methoxy groups -OCH3 is 1. The van der Waals surface area contributed by atoms with Crippen LogP contribution < -0.4 is 10.1 Å². The van der Waals surface area contributed by atoms with Gasteiger partial charge < -0.3 is 15.0 Å². The van der Waals surface area contributed by atoms with Gasteiger partial charge in [0.15, 0.2) is 0 Å². The summed E-state index contributed by atoms with van der Waals surface area (Å²) in [7, 11) is 1.59. The summed E-state index contributed by atoms with van der Waals surface area (Å²) in [6.07, 6.45) is 1.89. The van der Waals surface area contributed by atoms with Crippen molar-refractivity contribution >= 4 is 11.8 Å². The molecule has 2 aromatic carbocycles. The van der Waals surface area contributed by atoms with Crippen LogP contribution in [0.2, 0.25) is 0 Å². The van der Waals surface area contributed by atoms with Crippen molar-refractivity contribution in [3.63, 3.8) is 0 Å². The molecule has 0 aromatic heterocycles. The molecule has 1 heterocycles. The van der Waals surface area contributed by atoms with Gasteiger partial charge >= 0.3 is 0 Å². The molecule has 154 valence electrons. The van der Waals surface area contributed by atoms with Crippen molar-refractivity contribution < 1.29 is 18.7 Å². The maximum absolute atomic E-state index is 14.1. The largest absolute Gasteiger partial charge is 0.497 e. The Morgan fingerprint density at radius 3 is 2.69 bits per heavy atom. The molecule has 2 aromatic rings. The first-order valence-electron chi connectivity index (χ1n) is 10.0. The fourth-order valence-electron chi connectivity index (χ4n) is 3.77. The molecule has 0 bridgehead atoms. The van der Waals surface area contributed by atoms with Gasteiger partial charge in [0.1, 0.15) is 11.6 Å². The predicted octanol–water partition coefficient (Wildman–Crippen LogP) is 3.61. The molecule has 1 aliphatic rings. The number of ether oxygens (including phenoxy) is 1. The van der Waals surface area contributed by atoms with Crippen LogP contribution in [0.4, 0.5) is 4.39 Å². The third kappa shape index (κ3) is 4.75. The monoisotopic (exact) mass is 398 g/mol. The summed E-state index contributed by atoms with van der Waals surface area (Å²) in [5.74, 6) is -0.884. The van der Waals surface area contributed by atoms with Gasteiger partial charge in [0, 0.05) is 25.6 Å². The molecular formula is C23H27FN2O3. The molecule has 0 saturated carbocycles. The SMILES string of the molecule is CCCCNC(=O)C1CN(C(=O)c2ccccc2F)CC1c1cccc(OC)c1. The molecule has 6 heteroatoms. The van der Waals surface area contributed by atoms with Crippen LogP contribution in [-0.2, 0) is 4.79 Å². The molecule has 1 N–H and O–H groups in total. The first-order valence-corrected chi connectivity index (χ1v) is 10.0. The van der Waals surface area contributed by atoms with Crippen LogP contribution >= 0.6 is 0 Å². The van der Waals surface area contributed by atoms with Gasteiger partial charge in [-0.05, 0) is 36.2 Å². The number of nitrogens with zero attached hydrogens (tertiary/aromatic N) is 1. The second kappa shape index (κ2) is 9.54. The number of nitrogens with one attached hydrogen (secondary N) is 1. The van der Waals surface area contributed by atoms with E-state index in [1.54, 1.807) is 24.1 Å². The molecule has 0 aliphatic carbocycles. The number of likely N-dealkylation sites (tertiary alicyclic amines) is 1. The number of unbranched alkanes of at least 4 members (excludes halogenated alkanes) is 1. The van der Waals surface area contributed by atoms with E-state index in [-0.39, 0.29) is 29.8 Å². The van der Waals surface area contributed by atoms with Crippen molar-refractivity contribution in [3.05, 3.63) is 65.5 Å². The van der Waals surface area contributed by atoms with Crippen molar-refractivity contribution in [2.75, 3.05) is 26.7 Å². The second-order valence-corrected chi connectivity index (χ2v) is 7.32. The molecule has 2 amide bonds. The normalized spacial score (nSPS) is 18.5. The lowest BCUT2D eigenvalue weighted by molar-refractivity contribution is -0.124. The number of halogens is 1. The minimum Gasteiger partial charge on any atom is -0.497 e. The zero-order valence-corrected chi connectivity index (χ0v) is 16.9. The maximum atomic E-state index is 14.1. The number of carbonyl (C=O) groups excluding carboxylic acids is 2. The Morgan fingerprint density at radius 1 is 1.17 bits per heavy atom. The van der Waals surface area contributed by atoms with Gasteiger partial charge in [-0.15, -0.1) is 0 Å². The van der Waals surface area contributed by atoms with Gasteiger partial charge in [0.2, 0.25) is 5.91 Å². The van der Waals surface area contributed by atoms with Crippen LogP contribution in [0.3, 0.4) is 0 Å². The van der Waals surface area contributed by atoms with Crippen molar-refractivity contribution in [2.45, 2.75) is 25.7 Å². The van der Waals surface area contributed by atoms with Gasteiger partial charge in [-0.2, -0.15) is 0 Å². The molecule has 1 aliphatic heterocycles. The quantitative estimate of drug-likeness (QED) is 0.725. The Hall–Kier alpha value is -2.89. The van der Waals surface area contributed by atoms with Crippen LogP contribution in [0.25, 0.3) is 0 Å². The molecule has 1 fully saturated rings. The lowest BCUT2D eigenvalue weighted by Crippen LogP contribution is -2.36. The van der Waals surface area contributed by atoms with Gasteiger partial charge in [0.25, 0.3) is 5.91 Å². The van der Waals surface area contributed by atoms with Gasteiger partial charge in [0.05, 0.1) is 18.6 Å². The minimum absolute atomic E-state index is 0.0314. The van der Waals surface area contributed by atoms with Crippen molar-refractivity contribution in [1.29, 1.82) is 0 Å². The molecule has 5 nitrogen and oxygen atoms in total. The van der Waals surface area contributed by atoms with Gasteiger partial charge in [-0.1, -0.05) is 37.6 Å². The third-order valence-electron chi connectivity index (χ3n) is 5.40. The van der Waals surface area contributed by atoms with Crippen molar-refractivity contribution in [3.8, 4) is 5.75 Å². The number of benzene rings is 2. The smallest absolute Gasteiger partial charge is 0.256 e. The molecule has 0 spiro atoms. The molecule has 2 atom stereocenters. The Kier molecular flexibility index (Phi) is 6.86. The van der Waals surface area contributed by atoms with Crippen molar-refractivity contribution in [1.82, 2.24) is 10.2 Å². The Balaban J connectivity index is 1.86. The van der Waals surface area contributed by atoms with Crippen LogP contribution in [-0.4, -0.2) is 43.5 Å². The Labute approximate surface area is 170 Å². The fraction of sp³-hybridized carbons (Fsp3) is 0.391. The molecular weight excluding hydrogens is 371 g/mol. The number of hydrogen-bond acceptors (Lipinski definition) is 3. The number of carbonyl (C=O) groups is 2. The summed E-state index contributed by atoms with van der Waals surface area (Å²) < 4.78 is 19.4. The zero-order chi connectivity index (χ0) is 20.8. The van der Waals surface area contributed by atoms with E-state index in [0.29, 0.717) is 18.8 Å². The highest BCUT2D eigenvalue weighted by atomic mass is 19.1. The van der Waals surface area contributed by atoms with E-state index in [1.165, 1.54) is 12.1 Å². The van der Waals surface area contributed by atoms with E-state index in [4.69, 9.17) is 4.74 Å².